The summed E-state index contributed by atoms with van der Waals surface area (Å²) in [5, 5.41) is -0.0483. The zero-order valence-electron chi connectivity index (χ0n) is 8.41. The average molecular weight is 293 g/mol. The summed E-state index contributed by atoms with van der Waals surface area (Å²) in [4.78, 5) is 17.6. The van der Waals surface area contributed by atoms with E-state index in [9.17, 15) is 4.79 Å². The zero-order chi connectivity index (χ0) is 11.7. The number of anilines is 1. The van der Waals surface area contributed by atoms with E-state index in [0.29, 0.717) is 16.9 Å². The summed E-state index contributed by atoms with van der Waals surface area (Å²) < 4.78 is 0. The SMILES string of the molecule is Cl.Nc1cccc(-c2[nH]c(=O)c(Cl)nc2Cl)c1. The van der Waals surface area contributed by atoms with Crippen LogP contribution < -0.4 is 11.3 Å². The van der Waals surface area contributed by atoms with E-state index in [4.69, 9.17) is 28.9 Å². The van der Waals surface area contributed by atoms with Crippen LogP contribution in [0.2, 0.25) is 10.3 Å². The number of hydrogen-bond donors (Lipinski definition) is 2. The van der Waals surface area contributed by atoms with Crippen molar-refractivity contribution in [3.8, 4) is 11.3 Å². The quantitative estimate of drug-likeness (QED) is 0.794. The summed E-state index contributed by atoms with van der Waals surface area (Å²) in [5.74, 6) is 0. The van der Waals surface area contributed by atoms with E-state index in [-0.39, 0.29) is 22.7 Å². The van der Waals surface area contributed by atoms with E-state index in [2.05, 4.69) is 9.97 Å². The number of benzene rings is 1. The van der Waals surface area contributed by atoms with Crippen LogP contribution in [0.4, 0.5) is 5.69 Å². The lowest BCUT2D eigenvalue weighted by atomic mass is 10.1. The molecule has 0 unspecified atom stereocenters. The molecule has 0 radical (unpaired) electrons. The van der Waals surface area contributed by atoms with Gasteiger partial charge in [-0.15, -0.1) is 12.4 Å². The monoisotopic (exact) mass is 291 g/mol. The second-order valence-corrected chi connectivity index (χ2v) is 3.86. The lowest BCUT2D eigenvalue weighted by Gasteiger charge is -2.04. The Morgan fingerprint density at radius 1 is 1.24 bits per heavy atom. The molecular formula is C10H8Cl3N3O. The molecule has 0 fully saturated rings. The standard InChI is InChI=1S/C10H7Cl2N3O.ClH/c11-8-7(14-10(16)9(12)15-8)5-2-1-3-6(13)4-5;/h1-4H,13H2,(H,14,16);1H. The zero-order valence-corrected chi connectivity index (χ0v) is 10.7. The molecule has 1 aromatic heterocycles. The smallest absolute Gasteiger partial charge is 0.286 e. The van der Waals surface area contributed by atoms with Gasteiger partial charge in [0.15, 0.2) is 10.3 Å². The molecule has 1 heterocycles. The summed E-state index contributed by atoms with van der Waals surface area (Å²) >= 11 is 11.4. The van der Waals surface area contributed by atoms with Crippen LogP contribution in [0, 0.1) is 0 Å². The molecular weight excluding hydrogens is 284 g/mol. The molecule has 2 aromatic rings. The Hall–Kier alpha value is -1.23. The van der Waals surface area contributed by atoms with Crippen molar-refractivity contribution in [2.45, 2.75) is 0 Å². The highest BCUT2D eigenvalue weighted by Gasteiger charge is 2.09. The summed E-state index contributed by atoms with van der Waals surface area (Å²) in [5.41, 5.74) is 6.82. The number of aromatic amines is 1. The first kappa shape index (κ1) is 13.8. The maximum Gasteiger partial charge on any atom is 0.286 e. The van der Waals surface area contributed by atoms with E-state index in [1.165, 1.54) is 0 Å². The van der Waals surface area contributed by atoms with Crippen molar-refractivity contribution in [2.75, 3.05) is 5.73 Å². The van der Waals surface area contributed by atoms with Crippen LogP contribution in [0.5, 0.6) is 0 Å². The van der Waals surface area contributed by atoms with Crippen molar-refractivity contribution in [1.82, 2.24) is 9.97 Å². The Labute approximate surface area is 113 Å². The lowest BCUT2D eigenvalue weighted by molar-refractivity contribution is 1.14. The molecule has 0 saturated carbocycles. The minimum Gasteiger partial charge on any atom is -0.399 e. The second-order valence-electron chi connectivity index (χ2n) is 3.15. The maximum absolute atomic E-state index is 11.3. The van der Waals surface area contributed by atoms with E-state index >= 15 is 0 Å². The van der Waals surface area contributed by atoms with Gasteiger partial charge in [-0.1, -0.05) is 35.3 Å². The number of nitrogens with zero attached hydrogens (tertiary/aromatic N) is 1. The molecule has 4 nitrogen and oxygen atoms in total. The van der Waals surface area contributed by atoms with Gasteiger partial charge in [-0.05, 0) is 12.1 Å². The molecule has 1 aromatic carbocycles. The second kappa shape index (κ2) is 5.40. The van der Waals surface area contributed by atoms with Gasteiger partial charge in [0.2, 0.25) is 0 Å². The first-order valence-corrected chi connectivity index (χ1v) is 5.15. The number of nitrogens with one attached hydrogen (secondary N) is 1. The van der Waals surface area contributed by atoms with Crippen LogP contribution in [0.1, 0.15) is 0 Å². The number of H-pyrrole nitrogens is 1. The minimum absolute atomic E-state index is 0. The summed E-state index contributed by atoms with van der Waals surface area (Å²) in [7, 11) is 0. The maximum atomic E-state index is 11.3. The molecule has 3 N–H and O–H groups in total. The van der Waals surface area contributed by atoms with Gasteiger partial charge in [-0.3, -0.25) is 4.79 Å². The number of rotatable bonds is 1. The number of hydrogen-bond acceptors (Lipinski definition) is 3. The van der Waals surface area contributed by atoms with Crippen molar-refractivity contribution >= 4 is 41.3 Å². The number of aromatic nitrogens is 2. The molecule has 0 aliphatic heterocycles. The highest BCUT2D eigenvalue weighted by molar-refractivity contribution is 6.33. The van der Waals surface area contributed by atoms with Crippen LogP contribution in [0.25, 0.3) is 11.3 Å². The van der Waals surface area contributed by atoms with Crippen LogP contribution in [-0.2, 0) is 0 Å². The minimum atomic E-state index is -0.483. The topological polar surface area (TPSA) is 71.8 Å². The first-order valence-electron chi connectivity index (χ1n) is 4.39. The highest BCUT2D eigenvalue weighted by atomic mass is 35.5. The van der Waals surface area contributed by atoms with Gasteiger partial charge in [-0.2, -0.15) is 0 Å². The van der Waals surface area contributed by atoms with Crippen LogP contribution in [0.15, 0.2) is 29.1 Å². The summed E-state index contributed by atoms with van der Waals surface area (Å²) in [6.45, 7) is 0. The molecule has 7 heteroatoms. The van der Waals surface area contributed by atoms with Gasteiger partial charge < -0.3 is 10.7 Å². The third kappa shape index (κ3) is 2.91. The fourth-order valence-electron chi connectivity index (χ4n) is 1.29. The van der Waals surface area contributed by atoms with E-state index in [1.807, 2.05) is 0 Å². The Balaban J connectivity index is 0.00000144. The van der Waals surface area contributed by atoms with E-state index < -0.39 is 5.56 Å². The van der Waals surface area contributed by atoms with Crippen molar-refractivity contribution in [3.05, 3.63) is 44.9 Å². The van der Waals surface area contributed by atoms with Crippen molar-refractivity contribution in [1.29, 1.82) is 0 Å². The van der Waals surface area contributed by atoms with Crippen molar-refractivity contribution in [2.24, 2.45) is 0 Å². The predicted octanol–water partition coefficient (Wildman–Crippen LogP) is 2.75. The molecule has 17 heavy (non-hydrogen) atoms. The van der Waals surface area contributed by atoms with E-state index in [1.54, 1.807) is 24.3 Å². The normalized spacial score (nSPS) is 9.76. The lowest BCUT2D eigenvalue weighted by Crippen LogP contribution is -2.10. The Morgan fingerprint density at radius 3 is 2.59 bits per heavy atom. The number of halogens is 3. The van der Waals surface area contributed by atoms with Crippen molar-refractivity contribution in [3.63, 3.8) is 0 Å². The fraction of sp³-hybridized carbons (Fsp3) is 0. The predicted molar refractivity (Wildman–Crippen MR) is 72.0 cm³/mol. The van der Waals surface area contributed by atoms with Gasteiger partial charge in [0, 0.05) is 11.3 Å². The molecule has 2 rings (SSSR count). The molecule has 0 amide bonds. The van der Waals surface area contributed by atoms with Gasteiger partial charge in [-0.25, -0.2) is 4.98 Å². The average Bonchev–Trinajstić information content (AvgIpc) is 2.23. The van der Waals surface area contributed by atoms with Crippen LogP contribution in [-0.4, -0.2) is 9.97 Å². The molecule has 0 saturated heterocycles. The third-order valence-corrected chi connectivity index (χ3v) is 2.53. The van der Waals surface area contributed by atoms with Crippen LogP contribution in [0.3, 0.4) is 0 Å². The van der Waals surface area contributed by atoms with Gasteiger partial charge in [0.1, 0.15) is 0 Å². The summed E-state index contributed by atoms with van der Waals surface area (Å²) in [6, 6.07) is 6.95. The fourth-order valence-corrected chi connectivity index (χ4v) is 1.71. The molecule has 0 aliphatic carbocycles. The molecule has 0 spiro atoms. The third-order valence-electron chi connectivity index (χ3n) is 2.00. The number of nitrogens with two attached hydrogens (primary N) is 1. The van der Waals surface area contributed by atoms with Crippen LogP contribution >= 0.6 is 35.6 Å². The van der Waals surface area contributed by atoms with Crippen molar-refractivity contribution < 1.29 is 0 Å². The highest BCUT2D eigenvalue weighted by Crippen LogP contribution is 2.24. The van der Waals surface area contributed by atoms with E-state index in [0.717, 1.165) is 0 Å². The number of nitrogen functional groups attached to an aromatic ring is 1. The van der Waals surface area contributed by atoms with Gasteiger partial charge in [0.05, 0.1) is 5.69 Å². The molecule has 0 atom stereocenters. The molecule has 0 aliphatic rings. The molecule has 0 bridgehead atoms. The summed E-state index contributed by atoms with van der Waals surface area (Å²) in [6.07, 6.45) is 0. The Bertz CT molecular complexity index is 598. The van der Waals surface area contributed by atoms with Gasteiger partial charge in [0.25, 0.3) is 5.56 Å². The molecule has 90 valence electrons. The largest absolute Gasteiger partial charge is 0.399 e. The Morgan fingerprint density at radius 2 is 1.94 bits per heavy atom. The van der Waals surface area contributed by atoms with Gasteiger partial charge >= 0.3 is 0 Å². The Kier molecular flexibility index (Phi) is 4.40. The first-order chi connectivity index (χ1) is 7.58.